The first-order valence-corrected chi connectivity index (χ1v) is 8.30. The molecule has 2 rings (SSSR count). The molecule has 0 aliphatic carbocycles. The summed E-state index contributed by atoms with van der Waals surface area (Å²) in [4.78, 5) is 48.4. The molecule has 0 spiro atoms. The Kier molecular flexibility index (Phi) is 6.26. The molecule has 0 fully saturated rings. The van der Waals surface area contributed by atoms with Gasteiger partial charge >= 0.3 is 11.9 Å². The molecule has 1 aliphatic rings. The van der Waals surface area contributed by atoms with Crippen molar-refractivity contribution in [3.05, 3.63) is 39.4 Å². The van der Waals surface area contributed by atoms with Gasteiger partial charge in [0.25, 0.3) is 11.6 Å². The average Bonchev–Trinajstić information content (AvgIpc) is 2.92. The van der Waals surface area contributed by atoms with Crippen LogP contribution >= 0.6 is 0 Å². The summed E-state index contributed by atoms with van der Waals surface area (Å²) in [5, 5.41) is 11.2. The Bertz CT molecular complexity index is 732. The van der Waals surface area contributed by atoms with E-state index in [0.29, 0.717) is 0 Å². The van der Waals surface area contributed by atoms with Crippen LogP contribution in [0, 0.1) is 10.1 Å². The van der Waals surface area contributed by atoms with E-state index in [1.165, 1.54) is 23.1 Å². The molecule has 0 aromatic heterocycles. The highest BCUT2D eigenvalue weighted by Crippen LogP contribution is 2.32. The van der Waals surface area contributed by atoms with Gasteiger partial charge in [0.15, 0.2) is 0 Å². The predicted molar refractivity (Wildman–Crippen MR) is 89.3 cm³/mol. The van der Waals surface area contributed by atoms with Crippen molar-refractivity contribution in [2.45, 2.75) is 39.3 Å². The normalized spacial score (nSPS) is 13.9. The van der Waals surface area contributed by atoms with Gasteiger partial charge in [-0.15, -0.1) is 0 Å². The molecule has 0 bridgehead atoms. The van der Waals surface area contributed by atoms with Crippen molar-refractivity contribution in [2.24, 2.45) is 0 Å². The van der Waals surface area contributed by atoms with Gasteiger partial charge in [0, 0.05) is 12.5 Å². The number of hydrogen-bond acceptors (Lipinski definition) is 7. The van der Waals surface area contributed by atoms with E-state index in [1.54, 1.807) is 13.8 Å². The molecule has 0 saturated carbocycles. The minimum Gasteiger partial charge on any atom is -0.466 e. The summed E-state index contributed by atoms with van der Waals surface area (Å²) in [7, 11) is 0. The third-order valence-corrected chi connectivity index (χ3v) is 4.03. The van der Waals surface area contributed by atoms with Gasteiger partial charge in [0.2, 0.25) is 0 Å². The summed E-state index contributed by atoms with van der Waals surface area (Å²) < 4.78 is 9.86. The van der Waals surface area contributed by atoms with Crippen LogP contribution in [0.15, 0.2) is 18.2 Å². The molecular formula is C17H20N2O7. The second kappa shape index (κ2) is 8.41. The molecule has 9 heteroatoms. The Morgan fingerprint density at radius 1 is 1.27 bits per heavy atom. The van der Waals surface area contributed by atoms with Crippen LogP contribution in [0.1, 0.15) is 42.6 Å². The zero-order valence-corrected chi connectivity index (χ0v) is 14.6. The fourth-order valence-electron chi connectivity index (χ4n) is 2.89. The zero-order valence-electron chi connectivity index (χ0n) is 14.6. The fraction of sp³-hybridized carbons (Fsp3) is 0.471. The number of carbonyl (C=O) groups excluding carboxylic acids is 3. The van der Waals surface area contributed by atoms with E-state index >= 15 is 0 Å². The van der Waals surface area contributed by atoms with Crippen LogP contribution in [0.5, 0.6) is 0 Å². The highest BCUT2D eigenvalue weighted by molar-refractivity contribution is 6.01. The van der Waals surface area contributed by atoms with Gasteiger partial charge in [-0.1, -0.05) is 6.07 Å². The number of rotatable bonds is 8. The number of nitrogens with zero attached hydrogens (tertiary/aromatic N) is 2. The molecule has 0 saturated heterocycles. The van der Waals surface area contributed by atoms with Crippen molar-refractivity contribution in [1.29, 1.82) is 0 Å². The number of hydrogen-bond donors (Lipinski definition) is 0. The van der Waals surface area contributed by atoms with Gasteiger partial charge in [0.05, 0.1) is 35.8 Å². The maximum Gasteiger partial charge on any atom is 0.328 e. The van der Waals surface area contributed by atoms with Gasteiger partial charge in [-0.2, -0.15) is 0 Å². The van der Waals surface area contributed by atoms with Crippen molar-refractivity contribution in [3.8, 4) is 0 Å². The van der Waals surface area contributed by atoms with E-state index in [4.69, 9.17) is 9.47 Å². The highest BCUT2D eigenvalue weighted by Gasteiger charge is 2.40. The lowest BCUT2D eigenvalue weighted by Gasteiger charge is -2.25. The van der Waals surface area contributed by atoms with Crippen LogP contribution in [-0.2, 0) is 25.6 Å². The van der Waals surface area contributed by atoms with E-state index < -0.39 is 28.8 Å². The van der Waals surface area contributed by atoms with Gasteiger partial charge in [0.1, 0.15) is 6.04 Å². The second-order valence-electron chi connectivity index (χ2n) is 5.60. The fourth-order valence-corrected chi connectivity index (χ4v) is 2.89. The van der Waals surface area contributed by atoms with Crippen LogP contribution in [0.3, 0.4) is 0 Å². The van der Waals surface area contributed by atoms with Crippen LogP contribution < -0.4 is 0 Å². The molecule has 1 aliphatic heterocycles. The van der Waals surface area contributed by atoms with Crippen molar-refractivity contribution in [1.82, 2.24) is 4.90 Å². The number of benzene rings is 1. The van der Waals surface area contributed by atoms with Crippen LogP contribution in [0.25, 0.3) is 0 Å². The van der Waals surface area contributed by atoms with Gasteiger partial charge < -0.3 is 14.4 Å². The lowest BCUT2D eigenvalue weighted by molar-refractivity contribution is -0.385. The first-order chi connectivity index (χ1) is 12.4. The standard InChI is InChI=1S/C17H20N2O7/c1-3-25-15(20)9-8-14(17(22)26-4-2)18-10-12-11(16(18)21)6-5-7-13(12)19(23)24/h5-7,14H,3-4,8-10H2,1-2H3/t14-/m0/s1. The molecule has 0 radical (unpaired) electrons. The van der Waals surface area contributed by atoms with E-state index in [9.17, 15) is 24.5 Å². The van der Waals surface area contributed by atoms with Crippen LogP contribution in [-0.4, -0.2) is 46.9 Å². The minimum atomic E-state index is -1.01. The van der Waals surface area contributed by atoms with E-state index in [1.807, 2.05) is 0 Å². The molecule has 0 unspecified atom stereocenters. The molecule has 1 amide bonds. The van der Waals surface area contributed by atoms with E-state index in [0.717, 1.165) is 0 Å². The largest absolute Gasteiger partial charge is 0.466 e. The third-order valence-electron chi connectivity index (χ3n) is 4.03. The Labute approximate surface area is 150 Å². The van der Waals surface area contributed by atoms with Gasteiger partial charge in [-0.25, -0.2) is 4.79 Å². The summed E-state index contributed by atoms with van der Waals surface area (Å²) >= 11 is 0. The van der Waals surface area contributed by atoms with E-state index in [2.05, 4.69) is 0 Å². The molecule has 1 heterocycles. The molecule has 1 aromatic rings. The Balaban J connectivity index is 2.26. The summed E-state index contributed by atoms with van der Waals surface area (Å²) in [5.41, 5.74) is 0.268. The van der Waals surface area contributed by atoms with E-state index in [-0.39, 0.29) is 49.4 Å². The third kappa shape index (κ3) is 3.98. The first kappa shape index (κ1) is 19.4. The summed E-state index contributed by atoms with van der Waals surface area (Å²) in [6, 6.07) is 3.21. The first-order valence-electron chi connectivity index (χ1n) is 8.30. The molecule has 1 aromatic carbocycles. The second-order valence-corrected chi connectivity index (χ2v) is 5.60. The summed E-state index contributed by atoms with van der Waals surface area (Å²) in [5.74, 6) is -1.64. The molecule has 140 valence electrons. The van der Waals surface area contributed by atoms with Gasteiger partial charge in [-0.3, -0.25) is 19.7 Å². The number of carbonyl (C=O) groups is 3. The summed E-state index contributed by atoms with van der Waals surface area (Å²) in [6.45, 7) is 3.54. The van der Waals surface area contributed by atoms with Gasteiger partial charge in [-0.05, 0) is 26.3 Å². The Hall–Kier alpha value is -2.97. The Morgan fingerprint density at radius 3 is 2.58 bits per heavy atom. The molecule has 26 heavy (non-hydrogen) atoms. The number of esters is 2. The van der Waals surface area contributed by atoms with Crippen LogP contribution in [0.4, 0.5) is 5.69 Å². The minimum absolute atomic E-state index is 0.0190. The summed E-state index contributed by atoms with van der Waals surface area (Å²) in [6.07, 6.45) is -0.0509. The molecule has 1 atom stereocenters. The number of nitro benzene ring substituents is 1. The quantitative estimate of drug-likeness (QED) is 0.392. The Morgan fingerprint density at radius 2 is 1.96 bits per heavy atom. The number of amides is 1. The lowest BCUT2D eigenvalue weighted by atomic mass is 10.1. The average molecular weight is 364 g/mol. The number of nitro groups is 1. The maximum atomic E-state index is 12.7. The lowest BCUT2D eigenvalue weighted by Crippen LogP contribution is -2.42. The maximum absolute atomic E-state index is 12.7. The van der Waals surface area contributed by atoms with Crippen molar-refractivity contribution < 1.29 is 28.8 Å². The van der Waals surface area contributed by atoms with Crippen molar-refractivity contribution in [2.75, 3.05) is 13.2 Å². The predicted octanol–water partition coefficient (Wildman–Crippen LogP) is 1.83. The van der Waals surface area contributed by atoms with Crippen molar-refractivity contribution >= 4 is 23.5 Å². The number of fused-ring (bicyclic) bond motifs is 1. The number of ether oxygens (including phenoxy) is 2. The van der Waals surface area contributed by atoms with Crippen molar-refractivity contribution in [3.63, 3.8) is 0 Å². The highest BCUT2D eigenvalue weighted by atomic mass is 16.6. The monoisotopic (exact) mass is 364 g/mol. The smallest absolute Gasteiger partial charge is 0.328 e. The zero-order chi connectivity index (χ0) is 19.3. The SMILES string of the molecule is CCOC(=O)CC[C@@H](C(=O)OCC)N1Cc2c(cccc2[N+](=O)[O-])C1=O. The molecular weight excluding hydrogens is 344 g/mol. The molecule has 9 nitrogen and oxygen atoms in total. The molecule has 0 N–H and O–H groups in total. The topological polar surface area (TPSA) is 116 Å². The van der Waals surface area contributed by atoms with Crippen LogP contribution in [0.2, 0.25) is 0 Å².